The molecule has 2 N–H and O–H groups in total. The average Bonchev–Trinajstić information content (AvgIpc) is 3.12. The van der Waals surface area contributed by atoms with Crippen molar-refractivity contribution >= 4 is 21.6 Å². The number of para-hydroxylation sites is 1. The molecule has 0 aromatic heterocycles. The lowest BCUT2D eigenvalue weighted by atomic mass is 10.1. The zero-order chi connectivity index (χ0) is 17.9. The second kappa shape index (κ2) is 7.86. The molecule has 2 heterocycles. The maximum Gasteiger partial charge on any atom is 0.231 e. The van der Waals surface area contributed by atoms with Gasteiger partial charge >= 0.3 is 0 Å². The molecule has 4 rings (SSSR count). The van der Waals surface area contributed by atoms with Crippen LogP contribution in [0.25, 0.3) is 0 Å². The number of likely N-dealkylation sites (tertiary alicyclic amines) is 1. The van der Waals surface area contributed by atoms with E-state index in [-0.39, 0.29) is 12.9 Å². The van der Waals surface area contributed by atoms with Crippen LogP contribution in [0.2, 0.25) is 0 Å². The van der Waals surface area contributed by atoms with Crippen LogP contribution in [-0.2, 0) is 13.1 Å². The molecule has 0 unspecified atom stereocenters. The Kier molecular flexibility index (Phi) is 5.33. The highest BCUT2D eigenvalue weighted by atomic mass is 79.9. The number of rotatable bonds is 5. The molecule has 6 heteroatoms. The summed E-state index contributed by atoms with van der Waals surface area (Å²) in [6, 6.07) is 12.5. The zero-order valence-electron chi connectivity index (χ0n) is 14.6. The number of nitrogens with one attached hydrogen (secondary N) is 1. The minimum absolute atomic E-state index is 0.135. The van der Waals surface area contributed by atoms with Crippen molar-refractivity contribution in [2.45, 2.75) is 32.0 Å². The van der Waals surface area contributed by atoms with Gasteiger partial charge in [-0.25, -0.2) is 0 Å². The van der Waals surface area contributed by atoms with Gasteiger partial charge in [0.25, 0.3) is 0 Å². The highest BCUT2D eigenvalue weighted by molar-refractivity contribution is 9.10. The lowest BCUT2D eigenvalue weighted by Gasteiger charge is -2.30. The molecule has 0 aliphatic carbocycles. The van der Waals surface area contributed by atoms with E-state index in [0.29, 0.717) is 6.54 Å². The lowest BCUT2D eigenvalue weighted by Crippen LogP contribution is -2.35. The van der Waals surface area contributed by atoms with Crippen molar-refractivity contribution in [2.24, 2.45) is 0 Å². The molecule has 0 saturated carbocycles. The predicted molar refractivity (Wildman–Crippen MR) is 105 cm³/mol. The normalized spacial score (nSPS) is 17.5. The van der Waals surface area contributed by atoms with Crippen LogP contribution in [0.5, 0.6) is 11.5 Å². The zero-order valence-corrected chi connectivity index (χ0v) is 16.2. The summed E-state index contributed by atoms with van der Waals surface area (Å²) in [7, 11) is 0. The van der Waals surface area contributed by atoms with Crippen molar-refractivity contribution in [1.82, 2.24) is 4.90 Å². The third-order valence-electron chi connectivity index (χ3n) is 4.94. The summed E-state index contributed by atoms with van der Waals surface area (Å²) < 4.78 is 11.9. The Bertz CT molecular complexity index is 776. The van der Waals surface area contributed by atoms with Gasteiger partial charge in [-0.05, 0) is 58.1 Å². The fourth-order valence-corrected chi connectivity index (χ4v) is 4.07. The van der Waals surface area contributed by atoms with Gasteiger partial charge in [-0.2, -0.15) is 0 Å². The van der Waals surface area contributed by atoms with E-state index in [1.165, 1.54) is 5.56 Å². The van der Waals surface area contributed by atoms with Crippen LogP contribution in [0.1, 0.15) is 24.0 Å². The molecule has 0 radical (unpaired) electrons. The second-order valence-electron chi connectivity index (χ2n) is 6.83. The van der Waals surface area contributed by atoms with Gasteiger partial charge in [0.2, 0.25) is 6.79 Å². The van der Waals surface area contributed by atoms with Crippen LogP contribution >= 0.6 is 15.9 Å². The number of halogens is 1. The fourth-order valence-electron chi connectivity index (χ4n) is 3.47. The Hall–Kier alpha value is -1.76. The molecule has 0 spiro atoms. The van der Waals surface area contributed by atoms with Crippen molar-refractivity contribution in [2.75, 3.05) is 25.2 Å². The molecule has 2 aliphatic heterocycles. The summed E-state index contributed by atoms with van der Waals surface area (Å²) in [6.07, 6.45) is 1.59. The molecule has 2 aliphatic rings. The number of benzene rings is 2. The molecule has 26 heavy (non-hydrogen) atoms. The summed E-state index contributed by atoms with van der Waals surface area (Å²) in [6.45, 7) is 3.79. The molecule has 5 nitrogen and oxygen atoms in total. The third kappa shape index (κ3) is 3.98. The molecular formula is C20H23BrN2O3. The molecule has 2 aromatic carbocycles. The van der Waals surface area contributed by atoms with E-state index in [1.807, 2.05) is 6.07 Å². The van der Waals surface area contributed by atoms with Gasteiger partial charge in [0.1, 0.15) is 0 Å². The number of piperidine rings is 1. The van der Waals surface area contributed by atoms with Crippen LogP contribution in [0.4, 0.5) is 5.69 Å². The first kappa shape index (κ1) is 17.6. The topological polar surface area (TPSA) is 54.0 Å². The van der Waals surface area contributed by atoms with Gasteiger partial charge in [-0.1, -0.05) is 18.2 Å². The predicted octanol–water partition coefficient (Wildman–Crippen LogP) is 3.75. The Morgan fingerprint density at radius 2 is 1.96 bits per heavy atom. The maximum atomic E-state index is 9.68. The molecule has 1 saturated heterocycles. The van der Waals surface area contributed by atoms with Gasteiger partial charge in [-0.3, -0.25) is 4.90 Å². The molecule has 138 valence electrons. The van der Waals surface area contributed by atoms with Gasteiger partial charge < -0.3 is 19.9 Å². The van der Waals surface area contributed by atoms with E-state index in [1.54, 1.807) is 0 Å². The van der Waals surface area contributed by atoms with Gasteiger partial charge in [0.05, 0.1) is 10.6 Å². The van der Waals surface area contributed by atoms with Gasteiger partial charge in [-0.15, -0.1) is 0 Å². The lowest BCUT2D eigenvalue weighted by molar-refractivity contribution is 0.0793. The standard InChI is InChI=1S/C20H23BrN2O3/c21-17-9-14(10-19-20(17)26-13-25-19)11-22-18-4-2-1-3-15(18)12-23-7-5-16(24)6-8-23/h1-4,9-10,16,22,24H,5-8,11-13H2. The third-order valence-corrected chi connectivity index (χ3v) is 5.53. The summed E-state index contributed by atoms with van der Waals surface area (Å²) in [4.78, 5) is 2.41. The van der Waals surface area contributed by atoms with Crippen molar-refractivity contribution in [3.63, 3.8) is 0 Å². The highest BCUT2D eigenvalue weighted by Gasteiger charge is 2.19. The molecule has 0 bridgehead atoms. The number of hydrogen-bond donors (Lipinski definition) is 2. The quantitative estimate of drug-likeness (QED) is 0.774. The number of anilines is 1. The van der Waals surface area contributed by atoms with Crippen LogP contribution < -0.4 is 14.8 Å². The van der Waals surface area contributed by atoms with Crippen LogP contribution in [-0.4, -0.2) is 36.0 Å². The SMILES string of the molecule is OC1CCN(Cc2ccccc2NCc2cc(Br)c3c(c2)OCO3)CC1. The first-order valence-corrected chi connectivity index (χ1v) is 9.78. The number of hydrogen-bond acceptors (Lipinski definition) is 5. The van der Waals surface area contributed by atoms with Crippen molar-refractivity contribution < 1.29 is 14.6 Å². The van der Waals surface area contributed by atoms with E-state index in [4.69, 9.17) is 9.47 Å². The minimum atomic E-state index is -0.135. The van der Waals surface area contributed by atoms with E-state index in [0.717, 1.165) is 59.7 Å². The van der Waals surface area contributed by atoms with Gasteiger partial charge in [0.15, 0.2) is 11.5 Å². The average molecular weight is 419 g/mol. The largest absolute Gasteiger partial charge is 0.454 e. The smallest absolute Gasteiger partial charge is 0.231 e. The van der Waals surface area contributed by atoms with E-state index in [9.17, 15) is 5.11 Å². The van der Waals surface area contributed by atoms with Crippen molar-refractivity contribution in [1.29, 1.82) is 0 Å². The van der Waals surface area contributed by atoms with Crippen LogP contribution in [0.15, 0.2) is 40.9 Å². The molecule has 0 amide bonds. The second-order valence-corrected chi connectivity index (χ2v) is 7.68. The molecule has 0 atom stereocenters. The van der Waals surface area contributed by atoms with E-state index in [2.05, 4.69) is 56.5 Å². The summed E-state index contributed by atoms with van der Waals surface area (Å²) in [5.41, 5.74) is 3.56. The van der Waals surface area contributed by atoms with E-state index < -0.39 is 0 Å². The summed E-state index contributed by atoms with van der Waals surface area (Å²) >= 11 is 3.55. The maximum absolute atomic E-state index is 9.68. The Labute approximate surface area is 162 Å². The van der Waals surface area contributed by atoms with Crippen LogP contribution in [0, 0.1) is 0 Å². The molecule has 1 fully saturated rings. The Morgan fingerprint density at radius 3 is 2.81 bits per heavy atom. The number of fused-ring (bicyclic) bond motifs is 1. The number of aliphatic hydroxyl groups is 1. The van der Waals surface area contributed by atoms with Crippen LogP contribution in [0.3, 0.4) is 0 Å². The first-order chi connectivity index (χ1) is 12.7. The number of nitrogens with zero attached hydrogens (tertiary/aromatic N) is 1. The van der Waals surface area contributed by atoms with Crippen molar-refractivity contribution in [3.8, 4) is 11.5 Å². The number of ether oxygens (including phenoxy) is 2. The minimum Gasteiger partial charge on any atom is -0.454 e. The monoisotopic (exact) mass is 418 g/mol. The highest BCUT2D eigenvalue weighted by Crippen LogP contribution is 2.40. The molecule has 2 aromatic rings. The Morgan fingerprint density at radius 1 is 1.15 bits per heavy atom. The summed E-state index contributed by atoms with van der Waals surface area (Å²) in [5, 5.41) is 13.2. The Balaban J connectivity index is 1.43. The van der Waals surface area contributed by atoms with Gasteiger partial charge in [0, 0.05) is 31.9 Å². The fraction of sp³-hybridized carbons (Fsp3) is 0.400. The van der Waals surface area contributed by atoms with E-state index >= 15 is 0 Å². The molecular weight excluding hydrogens is 396 g/mol. The number of aliphatic hydroxyl groups excluding tert-OH is 1. The summed E-state index contributed by atoms with van der Waals surface area (Å²) in [5.74, 6) is 1.57. The van der Waals surface area contributed by atoms with Crippen molar-refractivity contribution in [3.05, 3.63) is 52.0 Å². The first-order valence-electron chi connectivity index (χ1n) is 8.99.